The van der Waals surface area contributed by atoms with Gasteiger partial charge in [-0.15, -0.1) is 0 Å². The summed E-state index contributed by atoms with van der Waals surface area (Å²) in [5.74, 6) is 0.160. The Hall–Kier alpha value is -1.43. The Morgan fingerprint density at radius 3 is 1.74 bits per heavy atom. The summed E-state index contributed by atoms with van der Waals surface area (Å²) >= 11 is 0. The fourth-order valence-corrected chi connectivity index (χ4v) is 2.27. The lowest BCUT2D eigenvalue weighted by Gasteiger charge is -2.19. The number of unbranched alkanes of at least 4 members (excludes halogenated alkanes) is 2. The molecule has 0 saturated heterocycles. The summed E-state index contributed by atoms with van der Waals surface area (Å²) in [4.78, 5) is 35.2. The standard InChI is InChI=1S/C21H40N2O4/c1-20(2,3)17(24)13-15-23-19(26)11-7-9-14-22-18(25)12-8-10-16-27-21(4,5)6/h7-16H2,1-6H3,(H,22,25)(H,23,26). The first-order valence-corrected chi connectivity index (χ1v) is 10.1. The van der Waals surface area contributed by atoms with Gasteiger partial charge < -0.3 is 15.4 Å². The summed E-state index contributed by atoms with van der Waals surface area (Å²) in [6.07, 6.45) is 4.48. The second kappa shape index (κ2) is 12.9. The Morgan fingerprint density at radius 1 is 0.704 bits per heavy atom. The second-order valence-electron chi connectivity index (χ2n) is 9.00. The first kappa shape index (κ1) is 25.6. The topological polar surface area (TPSA) is 84.5 Å². The molecule has 0 aromatic heterocycles. The lowest BCUT2D eigenvalue weighted by atomic mass is 9.89. The van der Waals surface area contributed by atoms with Gasteiger partial charge in [0.2, 0.25) is 11.8 Å². The molecule has 27 heavy (non-hydrogen) atoms. The van der Waals surface area contributed by atoms with Crippen LogP contribution in [0.15, 0.2) is 0 Å². The van der Waals surface area contributed by atoms with Crippen LogP contribution in [0.1, 0.15) is 86.5 Å². The van der Waals surface area contributed by atoms with E-state index in [4.69, 9.17) is 4.74 Å². The highest BCUT2D eigenvalue weighted by Gasteiger charge is 2.20. The van der Waals surface area contributed by atoms with Crippen LogP contribution >= 0.6 is 0 Å². The van der Waals surface area contributed by atoms with Gasteiger partial charge in [-0.3, -0.25) is 14.4 Å². The van der Waals surface area contributed by atoms with Crippen molar-refractivity contribution in [3.8, 4) is 0 Å². The fourth-order valence-electron chi connectivity index (χ4n) is 2.27. The number of amides is 2. The van der Waals surface area contributed by atoms with Gasteiger partial charge >= 0.3 is 0 Å². The van der Waals surface area contributed by atoms with Gasteiger partial charge in [0.25, 0.3) is 0 Å². The lowest BCUT2D eigenvalue weighted by molar-refractivity contribution is -0.126. The normalized spacial score (nSPS) is 11.9. The molecule has 0 unspecified atom stereocenters. The Balaban J connectivity index is 3.55. The third-order valence-electron chi connectivity index (χ3n) is 4.00. The number of ether oxygens (including phenoxy) is 1. The number of hydrogen-bond donors (Lipinski definition) is 2. The molecular weight excluding hydrogens is 344 g/mol. The highest BCUT2D eigenvalue weighted by atomic mass is 16.5. The van der Waals surface area contributed by atoms with E-state index in [0.717, 1.165) is 25.7 Å². The molecule has 0 bridgehead atoms. The van der Waals surface area contributed by atoms with E-state index in [-0.39, 0.29) is 28.6 Å². The predicted octanol–water partition coefficient (Wildman–Crippen LogP) is 3.38. The first-order valence-electron chi connectivity index (χ1n) is 10.1. The summed E-state index contributed by atoms with van der Waals surface area (Å²) in [7, 11) is 0. The number of rotatable bonds is 13. The fraction of sp³-hybridized carbons (Fsp3) is 0.857. The molecular formula is C21H40N2O4. The van der Waals surface area contributed by atoms with E-state index >= 15 is 0 Å². The molecule has 0 fully saturated rings. The van der Waals surface area contributed by atoms with Crippen LogP contribution in [0.4, 0.5) is 0 Å². The van der Waals surface area contributed by atoms with Crippen molar-refractivity contribution in [3.05, 3.63) is 0 Å². The van der Waals surface area contributed by atoms with Gasteiger partial charge in [0.05, 0.1) is 5.60 Å². The number of Topliss-reactive ketones (excluding diaryl/α,β-unsaturated/α-hetero) is 1. The van der Waals surface area contributed by atoms with Gasteiger partial charge in [0.1, 0.15) is 5.78 Å². The van der Waals surface area contributed by atoms with Gasteiger partial charge in [-0.1, -0.05) is 20.8 Å². The van der Waals surface area contributed by atoms with Crippen molar-refractivity contribution in [2.24, 2.45) is 5.41 Å². The summed E-state index contributed by atoms with van der Waals surface area (Å²) in [5, 5.41) is 5.66. The Labute approximate surface area is 165 Å². The third-order valence-corrected chi connectivity index (χ3v) is 4.00. The van der Waals surface area contributed by atoms with Crippen molar-refractivity contribution in [1.82, 2.24) is 10.6 Å². The summed E-state index contributed by atoms with van der Waals surface area (Å²) in [6.45, 7) is 13.4. The summed E-state index contributed by atoms with van der Waals surface area (Å²) in [6, 6.07) is 0. The average molecular weight is 385 g/mol. The SMILES string of the molecule is CC(C)(C)OCCCCC(=O)NCCCCC(=O)NCCC(=O)C(C)(C)C. The molecule has 0 aliphatic heterocycles. The maximum Gasteiger partial charge on any atom is 0.220 e. The maximum atomic E-state index is 11.8. The minimum atomic E-state index is -0.359. The minimum Gasteiger partial charge on any atom is -0.376 e. The molecule has 0 aliphatic carbocycles. The molecule has 0 atom stereocenters. The quantitative estimate of drug-likeness (QED) is 0.477. The number of ketones is 1. The molecule has 0 spiro atoms. The van der Waals surface area contributed by atoms with E-state index in [1.54, 1.807) is 0 Å². The summed E-state index contributed by atoms with van der Waals surface area (Å²) < 4.78 is 5.62. The number of nitrogens with one attached hydrogen (secondary N) is 2. The van der Waals surface area contributed by atoms with E-state index in [2.05, 4.69) is 10.6 Å². The number of hydrogen-bond acceptors (Lipinski definition) is 4. The highest BCUT2D eigenvalue weighted by Crippen LogP contribution is 2.16. The van der Waals surface area contributed by atoms with E-state index < -0.39 is 0 Å². The molecule has 0 heterocycles. The average Bonchev–Trinajstić information content (AvgIpc) is 2.52. The molecule has 2 N–H and O–H groups in total. The molecule has 0 rings (SSSR count). The maximum absolute atomic E-state index is 11.8. The zero-order valence-electron chi connectivity index (χ0n) is 18.2. The van der Waals surface area contributed by atoms with Crippen LogP contribution in [0.2, 0.25) is 0 Å². The van der Waals surface area contributed by atoms with Crippen LogP contribution in [0.3, 0.4) is 0 Å². The second-order valence-corrected chi connectivity index (χ2v) is 9.00. The smallest absolute Gasteiger partial charge is 0.220 e. The van der Waals surface area contributed by atoms with Crippen LogP contribution in [-0.2, 0) is 19.1 Å². The largest absolute Gasteiger partial charge is 0.376 e. The van der Waals surface area contributed by atoms with Gasteiger partial charge in [-0.05, 0) is 46.5 Å². The molecule has 0 aromatic rings. The summed E-state index contributed by atoms with van der Waals surface area (Å²) in [5.41, 5.74) is -0.487. The van der Waals surface area contributed by atoms with Crippen LogP contribution in [0, 0.1) is 5.41 Å². The van der Waals surface area contributed by atoms with E-state index in [1.165, 1.54) is 0 Å². The molecule has 0 aliphatic rings. The monoisotopic (exact) mass is 384 g/mol. The molecule has 0 radical (unpaired) electrons. The Morgan fingerprint density at radius 2 is 1.22 bits per heavy atom. The number of carbonyl (C=O) groups is 3. The van der Waals surface area contributed by atoms with Crippen molar-refractivity contribution in [2.45, 2.75) is 92.1 Å². The molecule has 2 amide bonds. The Bertz CT molecular complexity index is 462. The van der Waals surface area contributed by atoms with Gasteiger partial charge in [-0.25, -0.2) is 0 Å². The van der Waals surface area contributed by atoms with Crippen LogP contribution in [-0.4, -0.2) is 42.9 Å². The van der Waals surface area contributed by atoms with Crippen LogP contribution in [0.25, 0.3) is 0 Å². The third kappa shape index (κ3) is 16.5. The minimum absolute atomic E-state index is 0.0399. The molecule has 6 heteroatoms. The van der Waals surface area contributed by atoms with Crippen molar-refractivity contribution >= 4 is 17.6 Å². The lowest BCUT2D eigenvalue weighted by Crippen LogP contribution is -2.29. The van der Waals surface area contributed by atoms with Crippen molar-refractivity contribution in [1.29, 1.82) is 0 Å². The van der Waals surface area contributed by atoms with E-state index in [0.29, 0.717) is 39.0 Å². The molecule has 0 saturated carbocycles. The predicted molar refractivity (Wildman–Crippen MR) is 109 cm³/mol. The van der Waals surface area contributed by atoms with E-state index in [9.17, 15) is 14.4 Å². The van der Waals surface area contributed by atoms with E-state index in [1.807, 2.05) is 41.5 Å². The molecule has 158 valence electrons. The number of carbonyl (C=O) groups excluding carboxylic acids is 3. The zero-order valence-corrected chi connectivity index (χ0v) is 18.2. The van der Waals surface area contributed by atoms with Gasteiger partial charge in [-0.2, -0.15) is 0 Å². The molecule has 6 nitrogen and oxygen atoms in total. The molecule has 0 aromatic carbocycles. The van der Waals surface area contributed by atoms with Gasteiger partial charge in [0, 0.05) is 44.4 Å². The van der Waals surface area contributed by atoms with Crippen molar-refractivity contribution in [2.75, 3.05) is 19.7 Å². The van der Waals surface area contributed by atoms with Crippen LogP contribution < -0.4 is 10.6 Å². The van der Waals surface area contributed by atoms with Gasteiger partial charge in [0.15, 0.2) is 0 Å². The first-order chi connectivity index (χ1) is 12.4. The Kier molecular flexibility index (Phi) is 12.2. The highest BCUT2D eigenvalue weighted by molar-refractivity contribution is 5.84. The van der Waals surface area contributed by atoms with Crippen molar-refractivity contribution < 1.29 is 19.1 Å². The van der Waals surface area contributed by atoms with Crippen molar-refractivity contribution in [3.63, 3.8) is 0 Å². The zero-order chi connectivity index (χ0) is 20.9. The van der Waals surface area contributed by atoms with Crippen LogP contribution in [0.5, 0.6) is 0 Å².